The first-order valence-electron chi connectivity index (χ1n) is 43.1. The third-order valence-electron chi connectivity index (χ3n) is 20.9. The number of ketones is 6. The maximum Gasteiger partial charge on any atom is 3.00 e. The van der Waals surface area contributed by atoms with Crippen LogP contribution in [0.2, 0.25) is 0 Å². The van der Waals surface area contributed by atoms with Gasteiger partial charge in [0.25, 0.3) is 0 Å². The Morgan fingerprint density at radius 1 is 0.261 bits per heavy atom. The number of benzene rings is 6. The van der Waals surface area contributed by atoms with Crippen LogP contribution in [0.15, 0.2) is 109 Å². The van der Waals surface area contributed by atoms with E-state index in [0.29, 0.717) is 32.3 Å². The van der Waals surface area contributed by atoms with E-state index in [1.54, 1.807) is 0 Å². The molecule has 0 unspecified atom stereocenters. The summed E-state index contributed by atoms with van der Waals surface area (Å²) >= 11 is 0. The van der Waals surface area contributed by atoms with Gasteiger partial charge in [0.1, 0.15) is 0 Å². The first-order valence-corrected chi connectivity index (χ1v) is 47.7. The molecule has 14 nitrogen and oxygen atoms in total. The number of carbonyl (C=O) groups is 6. The van der Waals surface area contributed by atoms with E-state index in [4.69, 9.17) is 30.1 Å². The van der Waals surface area contributed by atoms with Crippen LogP contribution in [0.5, 0.6) is 0 Å². The molecule has 0 amide bonds. The minimum atomic E-state index is -5.03. The molecule has 6 rings (SSSR count). The van der Waals surface area contributed by atoms with Crippen molar-refractivity contribution in [3.8, 4) is 0 Å². The summed E-state index contributed by atoms with van der Waals surface area (Å²) in [6.45, 7) is 13.6. The third kappa shape index (κ3) is 49.1. The molecular weight excluding hydrogens is 1720 g/mol. The number of carbonyl (C=O) groups excluding carboxylic acids is 6. The molecule has 0 aliphatic carbocycles. The fourth-order valence-corrected chi connectivity index (χ4v) is 19.7. The van der Waals surface area contributed by atoms with E-state index in [1.807, 2.05) is 0 Å². The van der Waals surface area contributed by atoms with Gasteiger partial charge in [-0.15, -0.1) is 0 Å². The largest absolute Gasteiger partial charge is 3.00 e. The van der Waals surface area contributed by atoms with Crippen LogP contribution < -0.4 is 16.4 Å². The Labute approximate surface area is 743 Å². The normalized spacial score (nSPS) is 11.6. The molecule has 0 fully saturated rings. The maximum absolute atomic E-state index is 13.5. The van der Waals surface area contributed by atoms with Crippen molar-refractivity contribution in [3.05, 3.63) is 126 Å². The molecule has 0 radical (unpaired) electrons. The van der Waals surface area contributed by atoms with Crippen molar-refractivity contribution < 1.29 is 157 Å². The minimum absolute atomic E-state index is 0. The average molecular weight is 1860 g/mol. The van der Waals surface area contributed by atoms with Gasteiger partial charge < -0.3 is 39.3 Å². The number of hydrogen-bond donors (Lipinski definition) is 6. The molecule has 119 heavy (non-hydrogen) atoms. The van der Waals surface area contributed by atoms with Gasteiger partial charge in [0.2, 0.25) is 17.3 Å². The molecule has 0 saturated carbocycles. The van der Waals surface area contributed by atoms with Crippen LogP contribution in [-0.2, 0) is 23.5 Å². The predicted octanol–water partition coefficient (Wildman–Crippen LogP) is 22.5. The van der Waals surface area contributed by atoms with Gasteiger partial charge in [-0.05, 0) is 105 Å². The van der Waals surface area contributed by atoms with Crippen LogP contribution in [0.4, 0.5) is 39.5 Å². The van der Waals surface area contributed by atoms with E-state index < -0.39 is 108 Å². The molecular formula is C90H132B3EuF9O14P2+3. The van der Waals surface area contributed by atoms with Gasteiger partial charge in [-0.2, -0.15) is 39.5 Å². The summed E-state index contributed by atoms with van der Waals surface area (Å²) in [6.07, 6.45) is 35.0. The smallest absolute Gasteiger partial charge is 0.423 e. The first-order chi connectivity index (χ1) is 55.9. The molecule has 6 aromatic rings. The summed E-state index contributed by atoms with van der Waals surface area (Å²) in [4.78, 5) is 67.6. The van der Waals surface area contributed by atoms with Crippen LogP contribution in [-0.4, -0.2) is 142 Å². The SMILES string of the molecule is CCCCCCCCP(=O)(CCCCCCCC)CCCCCCCC.CCCCCCCCP(=O)(CCCCCCCC)CCCCCCCC.O=C(CC(=O)C(F)(F)F)c1ccc2cc(B(O)O)ccc2c1.O=C(CC(=O)C(F)(F)F)c1ccc2cc(B(O)O)ccc2c1.O=C(CC(=O)C(F)(F)F)c1ccc2cc(B(O)O)ccc2c1.[Eu+3]. The summed E-state index contributed by atoms with van der Waals surface area (Å²) in [7, 11) is -8.70. The van der Waals surface area contributed by atoms with Crippen molar-refractivity contribution in [3.63, 3.8) is 0 Å². The Morgan fingerprint density at radius 3 is 0.588 bits per heavy atom. The van der Waals surface area contributed by atoms with Crippen LogP contribution in [0, 0.1) is 49.4 Å². The van der Waals surface area contributed by atoms with Gasteiger partial charge in [-0.25, -0.2) is 0 Å². The summed E-state index contributed by atoms with van der Waals surface area (Å²) < 4.78 is 136. The van der Waals surface area contributed by atoms with Crippen LogP contribution in [0.25, 0.3) is 32.3 Å². The summed E-state index contributed by atoms with van der Waals surface area (Å²) in [6, 6.07) is 25.6. The maximum atomic E-state index is 13.5. The van der Waals surface area contributed by atoms with Crippen LogP contribution in [0.1, 0.15) is 323 Å². The molecule has 0 aliphatic heterocycles. The van der Waals surface area contributed by atoms with Gasteiger partial charge in [0.05, 0.1) is 33.5 Å². The van der Waals surface area contributed by atoms with E-state index in [1.165, 1.54) is 340 Å². The molecule has 0 aliphatic rings. The topological polar surface area (TPSA) is 258 Å². The average Bonchev–Trinajstić information content (AvgIpc) is 0.821. The van der Waals surface area contributed by atoms with Crippen molar-refractivity contribution in [2.45, 2.75) is 310 Å². The number of hydrogen-bond acceptors (Lipinski definition) is 14. The number of alkyl halides is 9. The van der Waals surface area contributed by atoms with Gasteiger partial charge in [-0.3, -0.25) is 28.8 Å². The molecule has 0 aromatic heterocycles. The zero-order valence-electron chi connectivity index (χ0n) is 71.1. The standard InChI is InChI=1S/2C24H51OP.3C14H10BF3O4.Eu/c2*1-4-7-10-13-16-19-22-26(25,23-20-17-14-11-8-5-2)24-21-18-15-12-9-6-3;3*16-14(17,18)13(20)7-12(19)10-2-1-9-6-11(15(21)22)4-3-8(9)5-10;/h2*4-24H2,1-3H3;3*1-6,21-22H,7H2;/q;;;;;+3. The quantitative estimate of drug-likeness (QED) is 0.00518. The Hall–Kier alpha value is -4.51. The number of fused-ring (bicyclic) bond motifs is 3. The van der Waals surface area contributed by atoms with Gasteiger partial charge in [0, 0.05) is 53.7 Å². The second kappa shape index (κ2) is 62.6. The predicted molar refractivity (Wildman–Crippen MR) is 466 cm³/mol. The van der Waals surface area contributed by atoms with E-state index in [9.17, 15) is 77.4 Å². The third-order valence-corrected chi connectivity index (χ3v) is 27.7. The Bertz CT molecular complexity index is 3550. The number of rotatable bonds is 54. The van der Waals surface area contributed by atoms with Crippen molar-refractivity contribution in [1.29, 1.82) is 0 Å². The Kier molecular flexibility index (Phi) is 59.2. The van der Waals surface area contributed by atoms with E-state index in [-0.39, 0.29) is 82.5 Å². The number of unbranched alkanes of at least 4 members (excludes halogenated alkanes) is 30. The van der Waals surface area contributed by atoms with Gasteiger partial charge >= 0.3 is 89.3 Å². The minimum Gasteiger partial charge on any atom is -0.423 e. The van der Waals surface area contributed by atoms with Crippen molar-refractivity contribution in [2.24, 2.45) is 0 Å². The molecule has 6 aromatic carbocycles. The fraction of sp³-hybridized carbons (Fsp3) is 0.600. The second-order valence-corrected chi connectivity index (χ2v) is 38.1. The van der Waals surface area contributed by atoms with Crippen molar-refractivity contribution in [2.75, 3.05) is 37.0 Å². The van der Waals surface area contributed by atoms with Crippen molar-refractivity contribution >= 4 is 119 Å². The van der Waals surface area contributed by atoms with E-state index in [0.717, 1.165) is 37.0 Å². The van der Waals surface area contributed by atoms with Crippen molar-refractivity contribution in [1.82, 2.24) is 0 Å². The first kappa shape index (κ1) is 112. The summed E-state index contributed by atoms with van der Waals surface area (Å²) in [5, 5.41) is 57.7. The molecule has 0 atom stereocenters. The van der Waals surface area contributed by atoms with E-state index >= 15 is 0 Å². The van der Waals surface area contributed by atoms with Gasteiger partial charge in [-0.1, -0.05) is 325 Å². The summed E-state index contributed by atoms with van der Waals surface area (Å²) in [5.74, 6) is -9.02. The fourth-order valence-electron chi connectivity index (χ4n) is 13.6. The molecule has 0 bridgehead atoms. The summed E-state index contributed by atoms with van der Waals surface area (Å²) in [5.41, 5.74) is 0.712. The monoisotopic (exact) mass is 1860 g/mol. The molecule has 0 heterocycles. The van der Waals surface area contributed by atoms with E-state index in [2.05, 4.69) is 41.5 Å². The molecule has 662 valence electrons. The number of halogens is 9. The molecule has 6 N–H and O–H groups in total. The second-order valence-electron chi connectivity index (χ2n) is 31.2. The van der Waals surface area contributed by atoms with Gasteiger partial charge in [0.15, 0.2) is 17.3 Å². The zero-order valence-corrected chi connectivity index (χ0v) is 75.3. The Morgan fingerprint density at radius 2 is 0.420 bits per heavy atom. The van der Waals surface area contributed by atoms with Crippen LogP contribution >= 0.6 is 14.3 Å². The molecule has 0 saturated heterocycles. The zero-order chi connectivity index (χ0) is 88.2. The Balaban J connectivity index is 0.000000743. The molecule has 0 spiro atoms. The van der Waals surface area contributed by atoms with Crippen LogP contribution in [0.3, 0.4) is 0 Å². The number of Topliss-reactive ketones (excluding diaryl/α,β-unsaturated/α-hetero) is 6. The molecule has 29 heteroatoms.